The maximum absolute atomic E-state index is 12.9. The van der Waals surface area contributed by atoms with Gasteiger partial charge in [0.25, 0.3) is 11.8 Å². The number of hydrogen-bond donors (Lipinski definition) is 2. The van der Waals surface area contributed by atoms with Crippen LogP contribution in [0.4, 0.5) is 0 Å². The summed E-state index contributed by atoms with van der Waals surface area (Å²) in [4.78, 5) is 36.2. The Morgan fingerprint density at radius 2 is 1.67 bits per heavy atom. The highest BCUT2D eigenvalue weighted by atomic mass is 16.3. The van der Waals surface area contributed by atoms with Crippen LogP contribution in [-0.2, 0) is 0 Å². The summed E-state index contributed by atoms with van der Waals surface area (Å²) in [5, 5.41) is 12.8. The zero-order valence-electron chi connectivity index (χ0n) is 17.1. The number of para-hydroxylation sites is 1. The van der Waals surface area contributed by atoms with Crippen molar-refractivity contribution in [2.45, 2.75) is 32.7 Å². The van der Waals surface area contributed by atoms with Gasteiger partial charge in [-0.25, -0.2) is 9.97 Å². The first kappa shape index (κ1) is 19.8. The first-order valence-corrected chi connectivity index (χ1v) is 10.1. The van der Waals surface area contributed by atoms with E-state index in [9.17, 15) is 14.7 Å². The molecule has 0 radical (unpaired) electrons. The topological polar surface area (TPSA) is 95.4 Å². The molecule has 2 amide bonds. The Hall–Kier alpha value is -3.48. The first-order chi connectivity index (χ1) is 14.4. The molecule has 3 aromatic rings. The number of fused-ring (bicyclic) bond motifs is 1. The number of nitrogens with zero attached hydrogens (tertiary/aromatic N) is 3. The fraction of sp³-hybridized carbons (Fsp3) is 0.304. The van der Waals surface area contributed by atoms with Crippen molar-refractivity contribution in [3.63, 3.8) is 0 Å². The summed E-state index contributed by atoms with van der Waals surface area (Å²) in [6, 6.07) is 11.9. The van der Waals surface area contributed by atoms with E-state index in [1.807, 2.05) is 19.9 Å². The standard InChI is InChI=1S/C23H24N4O3/c1-14-15(2)25-20-13-16(7-8-19(20)24-14)23(30)27-11-9-17(10-12-27)26-22(29)18-5-3-4-6-21(18)28/h3-8,13,17,28H,9-12H2,1-2H3,(H,26,29). The molecule has 0 aliphatic carbocycles. The zero-order valence-corrected chi connectivity index (χ0v) is 17.1. The number of aryl methyl sites for hydroxylation is 2. The van der Waals surface area contributed by atoms with Crippen molar-refractivity contribution in [3.05, 3.63) is 65.0 Å². The van der Waals surface area contributed by atoms with Crippen molar-refractivity contribution in [3.8, 4) is 5.75 Å². The lowest BCUT2D eigenvalue weighted by Crippen LogP contribution is -2.46. The van der Waals surface area contributed by atoms with Gasteiger partial charge in [0.2, 0.25) is 0 Å². The van der Waals surface area contributed by atoms with Crippen LogP contribution in [0.5, 0.6) is 5.75 Å². The van der Waals surface area contributed by atoms with E-state index in [4.69, 9.17) is 0 Å². The van der Waals surface area contributed by atoms with Crippen molar-refractivity contribution in [1.29, 1.82) is 0 Å². The molecule has 0 unspecified atom stereocenters. The monoisotopic (exact) mass is 404 g/mol. The highest BCUT2D eigenvalue weighted by Gasteiger charge is 2.25. The molecule has 1 aliphatic rings. The predicted molar refractivity (Wildman–Crippen MR) is 114 cm³/mol. The SMILES string of the molecule is Cc1nc2ccc(C(=O)N3CCC(NC(=O)c4ccccc4O)CC3)cc2nc1C. The van der Waals surface area contributed by atoms with Gasteiger partial charge >= 0.3 is 0 Å². The van der Waals surface area contributed by atoms with Crippen LogP contribution in [0.25, 0.3) is 11.0 Å². The molecule has 30 heavy (non-hydrogen) atoms. The number of nitrogens with one attached hydrogen (secondary N) is 1. The highest BCUT2D eigenvalue weighted by molar-refractivity contribution is 5.98. The van der Waals surface area contributed by atoms with Gasteiger partial charge in [-0.1, -0.05) is 12.1 Å². The van der Waals surface area contributed by atoms with Crippen molar-refractivity contribution < 1.29 is 14.7 Å². The molecule has 2 N–H and O–H groups in total. The van der Waals surface area contributed by atoms with E-state index in [-0.39, 0.29) is 29.2 Å². The Morgan fingerprint density at radius 1 is 1.00 bits per heavy atom. The number of aromatic hydroxyl groups is 1. The van der Waals surface area contributed by atoms with E-state index in [0.717, 1.165) is 16.9 Å². The lowest BCUT2D eigenvalue weighted by atomic mass is 10.0. The van der Waals surface area contributed by atoms with E-state index in [1.165, 1.54) is 6.07 Å². The Kier molecular flexibility index (Phi) is 5.35. The molecule has 1 saturated heterocycles. The number of hydrogen-bond acceptors (Lipinski definition) is 5. The van der Waals surface area contributed by atoms with Crippen molar-refractivity contribution in [1.82, 2.24) is 20.2 Å². The Bertz CT molecular complexity index is 1120. The van der Waals surface area contributed by atoms with Crippen molar-refractivity contribution >= 4 is 22.8 Å². The van der Waals surface area contributed by atoms with Crippen molar-refractivity contribution in [2.75, 3.05) is 13.1 Å². The van der Waals surface area contributed by atoms with Crippen LogP contribution < -0.4 is 5.32 Å². The number of carbonyl (C=O) groups excluding carboxylic acids is 2. The minimum atomic E-state index is -0.295. The van der Waals surface area contributed by atoms with Crippen LogP contribution in [0.3, 0.4) is 0 Å². The van der Waals surface area contributed by atoms with Gasteiger partial charge in [0.05, 0.1) is 28.0 Å². The summed E-state index contributed by atoms with van der Waals surface area (Å²) in [5.41, 5.74) is 4.09. The van der Waals surface area contributed by atoms with Crippen LogP contribution >= 0.6 is 0 Å². The van der Waals surface area contributed by atoms with Gasteiger partial charge in [0.1, 0.15) is 5.75 Å². The minimum absolute atomic E-state index is 0.0331. The van der Waals surface area contributed by atoms with E-state index in [1.54, 1.807) is 35.2 Å². The molecule has 1 aliphatic heterocycles. The average Bonchev–Trinajstić information content (AvgIpc) is 2.74. The van der Waals surface area contributed by atoms with Crippen LogP contribution in [0, 0.1) is 13.8 Å². The first-order valence-electron chi connectivity index (χ1n) is 10.1. The maximum Gasteiger partial charge on any atom is 0.255 e. The summed E-state index contributed by atoms with van der Waals surface area (Å²) in [6.45, 7) is 4.94. The van der Waals surface area contributed by atoms with Gasteiger partial charge in [0, 0.05) is 24.7 Å². The molecule has 2 aromatic carbocycles. The fourth-order valence-corrected chi connectivity index (χ4v) is 3.70. The van der Waals surface area contributed by atoms with Crippen LogP contribution in [0.1, 0.15) is 44.9 Å². The minimum Gasteiger partial charge on any atom is -0.507 e. The van der Waals surface area contributed by atoms with Gasteiger partial charge in [0.15, 0.2) is 0 Å². The second-order valence-electron chi connectivity index (χ2n) is 7.66. The lowest BCUT2D eigenvalue weighted by molar-refractivity contribution is 0.0698. The highest BCUT2D eigenvalue weighted by Crippen LogP contribution is 2.20. The summed E-state index contributed by atoms with van der Waals surface area (Å²) in [6.07, 6.45) is 1.33. The zero-order chi connectivity index (χ0) is 21.3. The van der Waals surface area contributed by atoms with Crippen molar-refractivity contribution in [2.24, 2.45) is 0 Å². The molecule has 4 rings (SSSR count). The van der Waals surface area contributed by atoms with Crippen LogP contribution in [0.15, 0.2) is 42.5 Å². The summed E-state index contributed by atoms with van der Waals surface area (Å²) < 4.78 is 0. The largest absolute Gasteiger partial charge is 0.507 e. The van der Waals surface area contributed by atoms with Gasteiger partial charge in [-0.15, -0.1) is 0 Å². The smallest absolute Gasteiger partial charge is 0.255 e. The summed E-state index contributed by atoms with van der Waals surface area (Å²) in [5.74, 6) is -0.369. The summed E-state index contributed by atoms with van der Waals surface area (Å²) >= 11 is 0. The molecule has 2 heterocycles. The van der Waals surface area contributed by atoms with Gasteiger partial charge < -0.3 is 15.3 Å². The third kappa shape index (κ3) is 3.96. The molecular formula is C23H24N4O3. The molecule has 1 aromatic heterocycles. The quantitative estimate of drug-likeness (QED) is 0.700. The fourth-order valence-electron chi connectivity index (χ4n) is 3.70. The van der Waals surface area contributed by atoms with E-state index in [0.29, 0.717) is 37.0 Å². The average molecular weight is 404 g/mol. The number of benzene rings is 2. The number of amides is 2. The van der Waals surface area contributed by atoms with E-state index >= 15 is 0 Å². The molecule has 1 fully saturated rings. The second kappa shape index (κ2) is 8.10. The number of piperidine rings is 1. The molecular weight excluding hydrogens is 380 g/mol. The summed E-state index contributed by atoms with van der Waals surface area (Å²) in [7, 11) is 0. The third-order valence-electron chi connectivity index (χ3n) is 5.59. The number of phenolic OH excluding ortho intramolecular Hbond substituents is 1. The van der Waals surface area contributed by atoms with Gasteiger partial charge in [-0.3, -0.25) is 9.59 Å². The molecule has 0 bridgehead atoms. The normalized spacial score (nSPS) is 14.7. The van der Waals surface area contributed by atoms with Crippen LogP contribution in [-0.4, -0.2) is 50.9 Å². The van der Waals surface area contributed by atoms with Gasteiger partial charge in [-0.2, -0.15) is 0 Å². The number of carbonyl (C=O) groups is 2. The molecule has 0 atom stereocenters. The number of rotatable bonds is 3. The van der Waals surface area contributed by atoms with E-state index in [2.05, 4.69) is 15.3 Å². The molecule has 7 nitrogen and oxygen atoms in total. The molecule has 154 valence electrons. The molecule has 0 saturated carbocycles. The second-order valence-corrected chi connectivity index (χ2v) is 7.66. The predicted octanol–water partition coefficient (Wildman–Crippen LogP) is 2.99. The Morgan fingerprint density at radius 3 is 2.37 bits per heavy atom. The maximum atomic E-state index is 12.9. The molecule has 7 heteroatoms. The van der Waals surface area contributed by atoms with Gasteiger partial charge in [-0.05, 0) is 57.0 Å². The number of aromatic nitrogens is 2. The Labute approximate surface area is 174 Å². The van der Waals surface area contributed by atoms with E-state index < -0.39 is 0 Å². The van der Waals surface area contributed by atoms with Crippen LogP contribution in [0.2, 0.25) is 0 Å². The number of likely N-dealkylation sites (tertiary alicyclic amines) is 1. The molecule has 0 spiro atoms. The lowest BCUT2D eigenvalue weighted by Gasteiger charge is -2.32. The Balaban J connectivity index is 1.39. The number of phenols is 1. The third-order valence-corrected chi connectivity index (χ3v) is 5.59.